The SMILES string of the molecule is CC(=NNc1nc(-c2ccc(Cl)cc2Cl)cs1)c1ccccc1. The summed E-state index contributed by atoms with van der Waals surface area (Å²) in [6, 6.07) is 15.4. The van der Waals surface area contributed by atoms with Crippen LogP contribution in [-0.2, 0) is 0 Å². The number of nitrogens with one attached hydrogen (secondary N) is 1. The third-order valence-electron chi connectivity index (χ3n) is 3.22. The van der Waals surface area contributed by atoms with Crippen LogP contribution in [0.15, 0.2) is 59.0 Å². The summed E-state index contributed by atoms with van der Waals surface area (Å²) in [6.45, 7) is 1.95. The summed E-state index contributed by atoms with van der Waals surface area (Å²) in [4.78, 5) is 4.51. The minimum atomic E-state index is 0.582. The third-order valence-corrected chi connectivity index (χ3v) is 4.52. The van der Waals surface area contributed by atoms with E-state index in [4.69, 9.17) is 23.2 Å². The minimum Gasteiger partial charge on any atom is -0.252 e. The van der Waals surface area contributed by atoms with Gasteiger partial charge in [0.2, 0.25) is 5.13 Å². The van der Waals surface area contributed by atoms with E-state index < -0.39 is 0 Å². The Balaban J connectivity index is 1.77. The van der Waals surface area contributed by atoms with E-state index in [2.05, 4.69) is 15.5 Å². The molecule has 0 saturated heterocycles. The molecular formula is C17H13Cl2N3S. The van der Waals surface area contributed by atoms with E-state index in [-0.39, 0.29) is 0 Å². The van der Waals surface area contributed by atoms with E-state index in [1.54, 1.807) is 12.1 Å². The van der Waals surface area contributed by atoms with Crippen LogP contribution in [0, 0.1) is 0 Å². The second-order valence-corrected chi connectivity index (χ2v) is 6.54. The van der Waals surface area contributed by atoms with Gasteiger partial charge in [-0.05, 0) is 30.7 Å². The Hall–Kier alpha value is -1.88. The average molecular weight is 362 g/mol. The molecule has 1 N–H and O–H groups in total. The van der Waals surface area contributed by atoms with Crippen LogP contribution in [0.1, 0.15) is 12.5 Å². The number of hydrogen-bond acceptors (Lipinski definition) is 4. The van der Waals surface area contributed by atoms with Gasteiger partial charge in [0.25, 0.3) is 0 Å². The Morgan fingerprint density at radius 2 is 1.91 bits per heavy atom. The van der Waals surface area contributed by atoms with Crippen molar-refractivity contribution < 1.29 is 0 Å². The van der Waals surface area contributed by atoms with Crippen molar-refractivity contribution in [2.24, 2.45) is 5.10 Å². The lowest BCUT2D eigenvalue weighted by molar-refractivity contribution is 1.27. The highest BCUT2D eigenvalue weighted by atomic mass is 35.5. The second-order valence-electron chi connectivity index (χ2n) is 4.84. The normalized spacial score (nSPS) is 11.5. The fraction of sp³-hybridized carbons (Fsp3) is 0.0588. The van der Waals surface area contributed by atoms with E-state index in [0.717, 1.165) is 22.5 Å². The maximum Gasteiger partial charge on any atom is 0.203 e. The summed E-state index contributed by atoms with van der Waals surface area (Å²) in [6.07, 6.45) is 0. The maximum atomic E-state index is 6.21. The molecule has 0 aliphatic rings. The first-order valence-corrected chi connectivity index (χ1v) is 8.54. The van der Waals surface area contributed by atoms with Gasteiger partial charge < -0.3 is 0 Å². The zero-order chi connectivity index (χ0) is 16.2. The lowest BCUT2D eigenvalue weighted by atomic mass is 10.1. The van der Waals surface area contributed by atoms with E-state index in [1.807, 2.05) is 48.7 Å². The van der Waals surface area contributed by atoms with Crippen LogP contribution in [0.3, 0.4) is 0 Å². The molecule has 0 fully saturated rings. The first-order valence-electron chi connectivity index (χ1n) is 6.90. The predicted octanol–water partition coefficient (Wildman–Crippen LogP) is 5.95. The summed E-state index contributed by atoms with van der Waals surface area (Å²) < 4.78 is 0. The number of halogens is 2. The van der Waals surface area contributed by atoms with Crippen LogP contribution in [0.5, 0.6) is 0 Å². The molecule has 1 aromatic heterocycles. The molecule has 0 amide bonds. The summed E-state index contributed by atoms with van der Waals surface area (Å²) in [5.41, 5.74) is 6.60. The quantitative estimate of drug-likeness (QED) is 0.460. The molecule has 2 aromatic carbocycles. The molecule has 6 heteroatoms. The number of thiazole rings is 1. The molecule has 0 unspecified atom stereocenters. The highest BCUT2D eigenvalue weighted by Gasteiger charge is 2.08. The summed E-state index contributed by atoms with van der Waals surface area (Å²) in [5, 5.41) is 8.20. The van der Waals surface area contributed by atoms with Crippen LogP contribution in [-0.4, -0.2) is 10.7 Å². The largest absolute Gasteiger partial charge is 0.252 e. The Labute approximate surface area is 148 Å². The van der Waals surface area contributed by atoms with Crippen LogP contribution in [0.4, 0.5) is 5.13 Å². The maximum absolute atomic E-state index is 6.21. The van der Waals surface area contributed by atoms with Crippen molar-refractivity contribution in [3.8, 4) is 11.3 Å². The molecule has 0 saturated carbocycles. The van der Waals surface area contributed by atoms with Crippen LogP contribution in [0.25, 0.3) is 11.3 Å². The lowest BCUT2D eigenvalue weighted by Gasteiger charge is -2.02. The molecule has 3 aromatic rings. The van der Waals surface area contributed by atoms with Gasteiger partial charge in [0, 0.05) is 16.0 Å². The molecule has 3 rings (SSSR count). The van der Waals surface area contributed by atoms with E-state index >= 15 is 0 Å². The Morgan fingerprint density at radius 1 is 1.13 bits per heavy atom. The molecule has 0 radical (unpaired) electrons. The average Bonchev–Trinajstić information content (AvgIpc) is 3.02. The molecule has 0 spiro atoms. The van der Waals surface area contributed by atoms with E-state index in [9.17, 15) is 0 Å². The van der Waals surface area contributed by atoms with Crippen molar-refractivity contribution in [2.75, 3.05) is 5.43 Å². The predicted molar refractivity (Wildman–Crippen MR) is 99.8 cm³/mol. The second kappa shape index (κ2) is 7.13. The Bertz CT molecular complexity index is 844. The number of hydrogen-bond donors (Lipinski definition) is 1. The first-order chi connectivity index (χ1) is 11.1. The Morgan fingerprint density at radius 3 is 2.65 bits per heavy atom. The van der Waals surface area contributed by atoms with Gasteiger partial charge in [0.15, 0.2) is 0 Å². The van der Waals surface area contributed by atoms with Gasteiger partial charge >= 0.3 is 0 Å². The molecule has 1 heterocycles. The molecule has 3 nitrogen and oxygen atoms in total. The van der Waals surface area contributed by atoms with Crippen LogP contribution < -0.4 is 5.43 Å². The van der Waals surface area contributed by atoms with Crippen molar-refractivity contribution in [3.63, 3.8) is 0 Å². The zero-order valence-corrected chi connectivity index (χ0v) is 14.6. The van der Waals surface area contributed by atoms with Gasteiger partial charge in [-0.2, -0.15) is 5.10 Å². The topological polar surface area (TPSA) is 37.3 Å². The molecule has 0 aliphatic carbocycles. The monoisotopic (exact) mass is 361 g/mol. The zero-order valence-electron chi connectivity index (χ0n) is 12.3. The Kier molecular flexibility index (Phi) is 4.96. The number of anilines is 1. The van der Waals surface area contributed by atoms with Gasteiger partial charge in [-0.1, -0.05) is 53.5 Å². The number of aromatic nitrogens is 1. The van der Waals surface area contributed by atoms with Crippen molar-refractivity contribution in [3.05, 3.63) is 69.5 Å². The van der Waals surface area contributed by atoms with Crippen molar-refractivity contribution in [1.82, 2.24) is 4.98 Å². The smallest absolute Gasteiger partial charge is 0.203 e. The van der Waals surface area contributed by atoms with Gasteiger partial charge in [-0.15, -0.1) is 11.3 Å². The van der Waals surface area contributed by atoms with Gasteiger partial charge in [0.1, 0.15) is 0 Å². The molecule has 0 aliphatic heterocycles. The van der Waals surface area contributed by atoms with E-state index in [1.165, 1.54) is 11.3 Å². The summed E-state index contributed by atoms with van der Waals surface area (Å²) in [5.74, 6) is 0. The van der Waals surface area contributed by atoms with Gasteiger partial charge in [-0.25, -0.2) is 4.98 Å². The van der Waals surface area contributed by atoms with Crippen molar-refractivity contribution in [1.29, 1.82) is 0 Å². The van der Waals surface area contributed by atoms with Crippen molar-refractivity contribution in [2.45, 2.75) is 6.92 Å². The molecule has 23 heavy (non-hydrogen) atoms. The fourth-order valence-corrected chi connectivity index (χ4v) is 3.18. The molecule has 0 atom stereocenters. The standard InChI is InChI=1S/C17H13Cl2N3S/c1-11(12-5-3-2-4-6-12)21-22-17-20-16(10-23-17)14-8-7-13(18)9-15(14)19/h2-10H,1H3,(H,20,22). The number of hydrazone groups is 1. The molecule has 116 valence electrons. The van der Waals surface area contributed by atoms with Crippen LogP contribution >= 0.6 is 34.5 Å². The number of rotatable bonds is 4. The molecular weight excluding hydrogens is 349 g/mol. The third kappa shape index (κ3) is 3.91. The highest BCUT2D eigenvalue weighted by molar-refractivity contribution is 7.14. The summed E-state index contributed by atoms with van der Waals surface area (Å²) >= 11 is 13.6. The van der Waals surface area contributed by atoms with Crippen LogP contribution in [0.2, 0.25) is 10.0 Å². The van der Waals surface area contributed by atoms with Gasteiger partial charge in [0.05, 0.1) is 16.4 Å². The highest BCUT2D eigenvalue weighted by Crippen LogP contribution is 2.32. The lowest BCUT2D eigenvalue weighted by Crippen LogP contribution is -1.99. The fourth-order valence-electron chi connectivity index (χ4n) is 2.02. The van der Waals surface area contributed by atoms with E-state index in [0.29, 0.717) is 15.2 Å². The minimum absolute atomic E-state index is 0.582. The molecule has 0 bridgehead atoms. The van der Waals surface area contributed by atoms with Crippen molar-refractivity contribution >= 4 is 45.4 Å². The number of benzene rings is 2. The van der Waals surface area contributed by atoms with Gasteiger partial charge in [-0.3, -0.25) is 5.43 Å². The number of nitrogens with zero attached hydrogens (tertiary/aromatic N) is 2. The summed E-state index contributed by atoms with van der Waals surface area (Å²) in [7, 11) is 0. The first kappa shape index (κ1) is 16.0.